The molecule has 9 heteroatoms. The summed E-state index contributed by atoms with van der Waals surface area (Å²) in [7, 11) is 0. The Bertz CT molecular complexity index is 1090. The SMILES string of the molecule is Cc1ccc(-n2c(-c3ccccn3)nc3cc(OC(F)(F)F)ccc32)nn1. The molecule has 4 rings (SSSR count). The molecule has 0 aliphatic heterocycles. The Labute approximate surface area is 151 Å². The third-order valence-corrected chi connectivity index (χ3v) is 3.77. The molecule has 0 atom stereocenters. The lowest BCUT2D eigenvalue weighted by Gasteiger charge is -2.09. The molecule has 0 saturated carbocycles. The molecule has 0 aliphatic carbocycles. The maximum atomic E-state index is 12.5. The second-order valence-electron chi connectivity index (χ2n) is 5.72. The first-order chi connectivity index (χ1) is 12.9. The highest BCUT2D eigenvalue weighted by Crippen LogP contribution is 2.31. The minimum absolute atomic E-state index is 0.319. The number of aryl methyl sites for hydroxylation is 1. The second kappa shape index (κ2) is 6.35. The third kappa shape index (κ3) is 3.43. The van der Waals surface area contributed by atoms with E-state index in [-0.39, 0.29) is 5.75 Å². The maximum absolute atomic E-state index is 12.5. The number of halogens is 3. The van der Waals surface area contributed by atoms with Crippen molar-refractivity contribution in [1.29, 1.82) is 0 Å². The van der Waals surface area contributed by atoms with Crippen molar-refractivity contribution >= 4 is 11.0 Å². The van der Waals surface area contributed by atoms with Gasteiger partial charge in [-0.1, -0.05) is 6.07 Å². The molecule has 0 amide bonds. The average molecular weight is 371 g/mol. The molecule has 0 spiro atoms. The normalized spacial score (nSPS) is 11.7. The second-order valence-corrected chi connectivity index (χ2v) is 5.72. The van der Waals surface area contributed by atoms with Gasteiger partial charge in [0.15, 0.2) is 11.6 Å². The third-order valence-electron chi connectivity index (χ3n) is 3.77. The molecule has 3 heterocycles. The maximum Gasteiger partial charge on any atom is 0.573 e. The number of hydrogen-bond donors (Lipinski definition) is 0. The molecule has 0 unspecified atom stereocenters. The number of nitrogens with zero attached hydrogens (tertiary/aromatic N) is 5. The smallest absolute Gasteiger partial charge is 0.406 e. The minimum Gasteiger partial charge on any atom is -0.406 e. The van der Waals surface area contributed by atoms with Crippen LogP contribution in [-0.2, 0) is 0 Å². The molecule has 0 bridgehead atoms. The Morgan fingerprint density at radius 3 is 2.52 bits per heavy atom. The molecular weight excluding hydrogens is 359 g/mol. The van der Waals surface area contributed by atoms with Gasteiger partial charge in [-0.2, -0.15) is 5.10 Å². The molecule has 27 heavy (non-hydrogen) atoms. The van der Waals surface area contributed by atoms with Crippen molar-refractivity contribution in [1.82, 2.24) is 24.7 Å². The molecule has 3 aromatic heterocycles. The number of ether oxygens (including phenoxy) is 1. The van der Waals surface area contributed by atoms with Crippen LogP contribution in [0.15, 0.2) is 54.7 Å². The number of hydrogen-bond acceptors (Lipinski definition) is 5. The van der Waals surface area contributed by atoms with Crippen LogP contribution >= 0.6 is 0 Å². The van der Waals surface area contributed by atoms with Gasteiger partial charge < -0.3 is 4.74 Å². The molecule has 6 nitrogen and oxygen atoms in total. The summed E-state index contributed by atoms with van der Waals surface area (Å²) < 4.78 is 43.2. The van der Waals surface area contributed by atoms with Crippen LogP contribution in [-0.4, -0.2) is 31.1 Å². The lowest BCUT2D eigenvalue weighted by atomic mass is 10.3. The molecule has 0 aliphatic rings. The van der Waals surface area contributed by atoms with Crippen LogP contribution < -0.4 is 4.74 Å². The van der Waals surface area contributed by atoms with Gasteiger partial charge >= 0.3 is 6.36 Å². The van der Waals surface area contributed by atoms with Gasteiger partial charge in [0.25, 0.3) is 0 Å². The molecule has 4 aromatic rings. The highest BCUT2D eigenvalue weighted by atomic mass is 19.4. The monoisotopic (exact) mass is 371 g/mol. The van der Waals surface area contributed by atoms with E-state index in [1.165, 1.54) is 18.2 Å². The summed E-state index contributed by atoms with van der Waals surface area (Å²) in [6, 6.07) is 12.8. The van der Waals surface area contributed by atoms with Crippen molar-refractivity contribution in [3.05, 3.63) is 60.4 Å². The highest BCUT2D eigenvalue weighted by Gasteiger charge is 2.31. The zero-order valence-corrected chi connectivity index (χ0v) is 14.0. The first-order valence-electron chi connectivity index (χ1n) is 7.91. The zero-order valence-electron chi connectivity index (χ0n) is 14.0. The quantitative estimate of drug-likeness (QED) is 0.543. The van der Waals surface area contributed by atoms with Gasteiger partial charge in [-0.15, -0.1) is 18.3 Å². The number of benzene rings is 1. The van der Waals surface area contributed by atoms with Crippen molar-refractivity contribution < 1.29 is 17.9 Å². The standard InChI is InChI=1S/C18H12F3N5O/c1-11-5-8-16(25-24-11)26-15-7-6-12(27-18(19,20)21)10-14(15)23-17(26)13-4-2-3-9-22-13/h2-10H,1H3. The topological polar surface area (TPSA) is 65.7 Å². The van der Waals surface area contributed by atoms with E-state index in [0.29, 0.717) is 28.4 Å². The predicted molar refractivity (Wildman–Crippen MR) is 91.3 cm³/mol. The zero-order chi connectivity index (χ0) is 19.0. The summed E-state index contributed by atoms with van der Waals surface area (Å²) in [5.74, 6) is 0.573. The van der Waals surface area contributed by atoms with E-state index in [2.05, 4.69) is 24.9 Å². The summed E-state index contributed by atoms with van der Waals surface area (Å²) >= 11 is 0. The Balaban J connectivity index is 1.93. The van der Waals surface area contributed by atoms with E-state index in [9.17, 15) is 13.2 Å². The molecule has 0 N–H and O–H groups in total. The fourth-order valence-corrected chi connectivity index (χ4v) is 2.67. The van der Waals surface area contributed by atoms with Crippen LogP contribution in [0.25, 0.3) is 28.4 Å². The van der Waals surface area contributed by atoms with Crippen LogP contribution in [0.5, 0.6) is 5.75 Å². The number of rotatable bonds is 3. The van der Waals surface area contributed by atoms with Crippen molar-refractivity contribution in [2.24, 2.45) is 0 Å². The molecule has 0 fully saturated rings. The molecule has 1 aromatic carbocycles. The van der Waals surface area contributed by atoms with Gasteiger partial charge in [-0.3, -0.25) is 9.55 Å². The van der Waals surface area contributed by atoms with E-state index in [4.69, 9.17) is 0 Å². The number of aromatic nitrogens is 5. The van der Waals surface area contributed by atoms with E-state index in [0.717, 1.165) is 5.69 Å². The van der Waals surface area contributed by atoms with Crippen molar-refractivity contribution in [2.45, 2.75) is 13.3 Å². The van der Waals surface area contributed by atoms with Crippen LogP contribution in [0.1, 0.15) is 5.69 Å². The van der Waals surface area contributed by atoms with Crippen LogP contribution in [0.2, 0.25) is 0 Å². The lowest BCUT2D eigenvalue weighted by Crippen LogP contribution is -2.17. The molecule has 136 valence electrons. The minimum atomic E-state index is -4.78. The Kier molecular flexibility index (Phi) is 3.98. The highest BCUT2D eigenvalue weighted by molar-refractivity contribution is 5.83. The van der Waals surface area contributed by atoms with Gasteiger partial charge in [-0.05, 0) is 43.3 Å². The summed E-state index contributed by atoms with van der Waals surface area (Å²) in [5.41, 5.74) is 2.17. The van der Waals surface area contributed by atoms with Crippen molar-refractivity contribution in [3.63, 3.8) is 0 Å². The van der Waals surface area contributed by atoms with E-state index >= 15 is 0 Å². The summed E-state index contributed by atoms with van der Waals surface area (Å²) in [4.78, 5) is 8.74. The molecular formula is C18H12F3N5O. The van der Waals surface area contributed by atoms with Gasteiger partial charge in [0.2, 0.25) is 0 Å². The lowest BCUT2D eigenvalue weighted by molar-refractivity contribution is -0.274. The van der Waals surface area contributed by atoms with E-state index in [1.54, 1.807) is 41.1 Å². The van der Waals surface area contributed by atoms with Crippen LogP contribution in [0, 0.1) is 6.92 Å². The molecule has 0 saturated heterocycles. The number of imidazole rings is 1. The van der Waals surface area contributed by atoms with Crippen molar-refractivity contribution in [2.75, 3.05) is 0 Å². The largest absolute Gasteiger partial charge is 0.573 e. The number of pyridine rings is 1. The Morgan fingerprint density at radius 2 is 1.85 bits per heavy atom. The number of alkyl halides is 3. The summed E-state index contributed by atoms with van der Waals surface area (Å²) in [6.45, 7) is 1.81. The average Bonchev–Trinajstić information content (AvgIpc) is 3.00. The van der Waals surface area contributed by atoms with Crippen LogP contribution in [0.4, 0.5) is 13.2 Å². The first-order valence-corrected chi connectivity index (χ1v) is 7.91. The first kappa shape index (κ1) is 17.0. The van der Waals surface area contributed by atoms with Gasteiger partial charge in [0, 0.05) is 12.3 Å². The molecule has 0 radical (unpaired) electrons. The van der Waals surface area contributed by atoms with Crippen LogP contribution in [0.3, 0.4) is 0 Å². The van der Waals surface area contributed by atoms with Crippen molar-refractivity contribution in [3.8, 4) is 23.1 Å². The fourth-order valence-electron chi connectivity index (χ4n) is 2.67. The van der Waals surface area contributed by atoms with Gasteiger partial charge in [0.05, 0.1) is 16.7 Å². The predicted octanol–water partition coefficient (Wildman–Crippen LogP) is 4.08. The van der Waals surface area contributed by atoms with Gasteiger partial charge in [0.1, 0.15) is 11.4 Å². The number of fused-ring (bicyclic) bond motifs is 1. The Hall–Kier alpha value is -3.49. The summed E-state index contributed by atoms with van der Waals surface area (Å²) in [5, 5.41) is 8.22. The summed E-state index contributed by atoms with van der Waals surface area (Å²) in [6.07, 6.45) is -3.17. The van der Waals surface area contributed by atoms with E-state index < -0.39 is 6.36 Å². The van der Waals surface area contributed by atoms with Gasteiger partial charge in [-0.25, -0.2) is 4.98 Å². The van der Waals surface area contributed by atoms with E-state index in [1.807, 2.05) is 6.92 Å². The fraction of sp³-hybridized carbons (Fsp3) is 0.111. The Morgan fingerprint density at radius 1 is 1.00 bits per heavy atom.